The summed E-state index contributed by atoms with van der Waals surface area (Å²) in [7, 11) is -1.67. The van der Waals surface area contributed by atoms with Crippen LogP contribution in [0.2, 0.25) is 0 Å². The molecule has 1 rings (SSSR count). The van der Waals surface area contributed by atoms with E-state index < -0.39 is 15.1 Å². The summed E-state index contributed by atoms with van der Waals surface area (Å²) in [6.07, 6.45) is 0. The average molecular weight is 254 g/mol. The molecule has 1 aromatic rings. The number of ether oxygens (including phenoxy) is 1. The van der Waals surface area contributed by atoms with Crippen LogP contribution in [0.3, 0.4) is 0 Å². The molecule has 5 heteroatoms. The maximum Gasteiger partial charge on any atom is 0.180 e. The van der Waals surface area contributed by atoms with E-state index >= 15 is 0 Å². The third kappa shape index (κ3) is 3.63. The molecule has 0 heterocycles. The van der Waals surface area contributed by atoms with Crippen LogP contribution < -0.4 is 4.74 Å². The van der Waals surface area contributed by atoms with Gasteiger partial charge >= 0.3 is 0 Å². The van der Waals surface area contributed by atoms with Crippen molar-refractivity contribution in [2.24, 2.45) is 0 Å². The van der Waals surface area contributed by atoms with Gasteiger partial charge in [0, 0.05) is 37.7 Å². The summed E-state index contributed by atoms with van der Waals surface area (Å²) >= 11 is 0. The molecule has 1 aromatic carbocycles. The first-order chi connectivity index (χ1) is 6.48. The fraction of sp³-hybridized carbons (Fsp3) is 0.400. The Morgan fingerprint density at radius 2 is 1.87 bits per heavy atom. The van der Waals surface area contributed by atoms with Gasteiger partial charge in [-0.05, 0) is 32.0 Å². The maximum atomic E-state index is 11.7. The second kappa shape index (κ2) is 6.09. The predicted molar refractivity (Wildman–Crippen MR) is 55.3 cm³/mol. The second-order valence-electron chi connectivity index (χ2n) is 3.27. The maximum absolute atomic E-state index is 11.7. The molecular formula is C10H14ArO3S. The summed E-state index contributed by atoms with van der Waals surface area (Å²) in [6, 6.07) is 6.51. The summed E-state index contributed by atoms with van der Waals surface area (Å²) in [5, 5.41) is -0.408. The van der Waals surface area contributed by atoms with Crippen LogP contribution in [-0.2, 0) is 9.84 Å². The molecule has 0 aliphatic heterocycles. The van der Waals surface area contributed by atoms with Crippen LogP contribution in [-0.4, -0.2) is 20.8 Å². The van der Waals surface area contributed by atoms with Crippen LogP contribution in [0.25, 0.3) is 0 Å². The number of rotatable bonds is 3. The average Bonchev–Trinajstić information content (AvgIpc) is 2.17. The van der Waals surface area contributed by atoms with E-state index in [-0.39, 0.29) is 37.7 Å². The normalized spacial score (nSPS) is 10.9. The molecule has 0 aromatic heterocycles. The van der Waals surface area contributed by atoms with Crippen molar-refractivity contribution in [3.05, 3.63) is 24.3 Å². The van der Waals surface area contributed by atoms with E-state index in [1.165, 1.54) is 13.2 Å². The number of sulfone groups is 1. The van der Waals surface area contributed by atoms with Gasteiger partial charge < -0.3 is 4.74 Å². The molecule has 0 N–H and O–H groups in total. The van der Waals surface area contributed by atoms with Crippen molar-refractivity contribution in [2.75, 3.05) is 7.11 Å². The molecule has 0 amide bonds. The van der Waals surface area contributed by atoms with Crippen molar-refractivity contribution in [3.63, 3.8) is 0 Å². The first kappa shape index (κ1) is 15.2. The predicted octanol–water partition coefficient (Wildman–Crippen LogP) is 1.88. The summed E-state index contributed by atoms with van der Waals surface area (Å²) in [4.78, 5) is 0.312. The Kier molecular flexibility index (Phi) is 6.18. The largest absolute Gasteiger partial charge is 0.497 e. The van der Waals surface area contributed by atoms with Gasteiger partial charge in [0.1, 0.15) is 5.75 Å². The van der Waals surface area contributed by atoms with Crippen molar-refractivity contribution in [3.8, 4) is 5.75 Å². The van der Waals surface area contributed by atoms with Crippen molar-refractivity contribution in [1.29, 1.82) is 0 Å². The molecule has 0 saturated carbocycles. The van der Waals surface area contributed by atoms with E-state index in [4.69, 9.17) is 4.74 Å². The minimum absolute atomic E-state index is 0. The Balaban J connectivity index is 0.00000196. The molecule has 15 heavy (non-hydrogen) atoms. The molecule has 3 nitrogen and oxygen atoms in total. The van der Waals surface area contributed by atoms with Crippen molar-refractivity contribution in [2.45, 2.75) is 24.0 Å². The smallest absolute Gasteiger partial charge is 0.180 e. The Morgan fingerprint density at radius 1 is 1.27 bits per heavy atom. The van der Waals surface area contributed by atoms with Gasteiger partial charge in [-0.3, -0.25) is 0 Å². The van der Waals surface area contributed by atoms with Gasteiger partial charge in [0.2, 0.25) is 0 Å². The summed E-state index contributed by atoms with van der Waals surface area (Å²) < 4.78 is 28.5. The van der Waals surface area contributed by atoms with E-state index in [0.717, 1.165) is 0 Å². The molecule has 0 spiro atoms. The third-order valence-corrected chi connectivity index (χ3v) is 4.14. The zero-order chi connectivity index (χ0) is 10.8. The molecule has 86 valence electrons. The molecule has 0 fully saturated rings. The van der Waals surface area contributed by atoms with Gasteiger partial charge in [0.15, 0.2) is 9.84 Å². The van der Waals surface area contributed by atoms with Gasteiger partial charge in [-0.15, -0.1) is 0 Å². The van der Waals surface area contributed by atoms with Gasteiger partial charge in [-0.25, -0.2) is 8.42 Å². The molecule has 0 bridgehead atoms. The zero-order valence-electron chi connectivity index (χ0n) is 8.87. The zero-order valence-corrected chi connectivity index (χ0v) is 10.4. The number of benzene rings is 1. The first-order valence-corrected chi connectivity index (χ1v) is 5.91. The van der Waals surface area contributed by atoms with Crippen LogP contribution >= 0.6 is 0 Å². The van der Waals surface area contributed by atoms with E-state index in [1.54, 1.807) is 32.0 Å². The van der Waals surface area contributed by atoms with E-state index in [2.05, 4.69) is 0 Å². The summed E-state index contributed by atoms with van der Waals surface area (Å²) in [6.45, 7) is 3.32. The Hall–Kier alpha value is 0.230. The Morgan fingerprint density at radius 3 is 2.33 bits per heavy atom. The first-order valence-electron chi connectivity index (χ1n) is 4.36. The Bertz CT molecular complexity index is 412. The molecule has 0 radical (unpaired) electrons. The van der Waals surface area contributed by atoms with E-state index in [1.807, 2.05) is 0 Å². The van der Waals surface area contributed by atoms with Gasteiger partial charge in [-0.2, -0.15) is 0 Å². The molecule has 0 aliphatic carbocycles. The van der Waals surface area contributed by atoms with E-state index in [9.17, 15) is 8.42 Å². The quantitative estimate of drug-likeness (QED) is 0.827. The molecule has 0 aliphatic rings. The fourth-order valence-corrected chi connectivity index (χ4v) is 2.14. The topological polar surface area (TPSA) is 43.4 Å². The van der Waals surface area contributed by atoms with Crippen LogP contribution in [0.15, 0.2) is 29.2 Å². The Labute approximate surface area is 121 Å². The number of hydrogen-bond acceptors (Lipinski definition) is 3. The summed E-state index contributed by atoms with van der Waals surface area (Å²) in [5.41, 5.74) is 0. The van der Waals surface area contributed by atoms with Crippen LogP contribution in [0.5, 0.6) is 5.75 Å². The number of hydrogen-bond donors (Lipinski definition) is 0. The van der Waals surface area contributed by atoms with Gasteiger partial charge in [0.05, 0.1) is 17.3 Å². The minimum atomic E-state index is -3.19. The van der Waals surface area contributed by atoms with Crippen LogP contribution in [0.4, 0.5) is 0 Å². The monoisotopic (exact) mass is 254 g/mol. The molecule has 0 saturated heterocycles. The van der Waals surface area contributed by atoms with Gasteiger partial charge in [-0.1, -0.05) is 6.07 Å². The molecule has 0 atom stereocenters. The van der Waals surface area contributed by atoms with E-state index in [0.29, 0.717) is 10.6 Å². The standard InChI is InChI=1S/C10H14O3S.Ar/c1-8(2)14(11,12)10-6-4-5-9(7-10)13-3;/h4-8H,1-3H3;. The van der Waals surface area contributed by atoms with Gasteiger partial charge in [0.25, 0.3) is 0 Å². The number of methoxy groups -OCH3 is 1. The van der Waals surface area contributed by atoms with Crippen molar-refractivity contribution < 1.29 is 50.9 Å². The second-order valence-corrected chi connectivity index (χ2v) is 5.78. The minimum Gasteiger partial charge on any atom is -0.497 e. The van der Waals surface area contributed by atoms with Crippen LogP contribution in [0.1, 0.15) is 13.8 Å². The van der Waals surface area contributed by atoms with Crippen molar-refractivity contribution >= 4 is 9.84 Å². The van der Waals surface area contributed by atoms with Crippen molar-refractivity contribution in [1.82, 2.24) is 0 Å². The third-order valence-electron chi connectivity index (χ3n) is 1.99. The fourth-order valence-electron chi connectivity index (χ4n) is 1.05. The molecular weight excluding hydrogens is 240 g/mol. The SMILES string of the molecule is COc1cccc(S(=O)(=O)C(C)C)c1.[Ar]. The summed E-state index contributed by atoms with van der Waals surface area (Å²) in [5.74, 6) is 0.562. The molecule has 0 unspecified atom stereocenters. The van der Waals surface area contributed by atoms with Crippen LogP contribution in [0, 0.1) is 37.7 Å².